The van der Waals surface area contributed by atoms with Crippen LogP contribution in [0.3, 0.4) is 0 Å². The van der Waals surface area contributed by atoms with Crippen LogP contribution in [0.5, 0.6) is 0 Å². The maximum Gasteiger partial charge on any atom is 0.173 e. The zero-order chi connectivity index (χ0) is 14.1. The highest BCUT2D eigenvalue weighted by Crippen LogP contribution is 2.29. The number of tetrazole rings is 1. The lowest BCUT2D eigenvalue weighted by molar-refractivity contribution is 0.551. The van der Waals surface area contributed by atoms with Crippen LogP contribution >= 0.6 is 23.3 Å². The van der Waals surface area contributed by atoms with Crippen molar-refractivity contribution >= 4 is 34.4 Å². The molecule has 7 nitrogen and oxygen atoms in total. The SMILES string of the molecule is CCNC(C)c1nnnn1-c1c(Cl)ccc2nsnc12. The van der Waals surface area contributed by atoms with E-state index >= 15 is 0 Å². The van der Waals surface area contributed by atoms with Gasteiger partial charge < -0.3 is 5.32 Å². The van der Waals surface area contributed by atoms with Crippen molar-refractivity contribution in [3.05, 3.63) is 23.0 Å². The molecular formula is C11H12ClN7S. The van der Waals surface area contributed by atoms with E-state index in [1.54, 1.807) is 10.7 Å². The van der Waals surface area contributed by atoms with Gasteiger partial charge in [0.15, 0.2) is 5.82 Å². The van der Waals surface area contributed by atoms with Gasteiger partial charge in [-0.1, -0.05) is 18.5 Å². The molecule has 2 heterocycles. The van der Waals surface area contributed by atoms with Crippen molar-refractivity contribution in [2.24, 2.45) is 0 Å². The molecule has 0 saturated carbocycles. The third kappa shape index (κ3) is 2.15. The Morgan fingerprint density at radius 3 is 3.05 bits per heavy atom. The number of nitrogens with zero attached hydrogens (tertiary/aromatic N) is 6. The predicted molar refractivity (Wildman–Crippen MR) is 77.2 cm³/mol. The molecule has 3 rings (SSSR count). The Labute approximate surface area is 124 Å². The summed E-state index contributed by atoms with van der Waals surface area (Å²) in [6.45, 7) is 4.85. The quantitative estimate of drug-likeness (QED) is 0.793. The molecule has 0 spiro atoms. The first-order valence-electron chi connectivity index (χ1n) is 6.15. The van der Waals surface area contributed by atoms with E-state index in [9.17, 15) is 0 Å². The largest absolute Gasteiger partial charge is 0.308 e. The van der Waals surface area contributed by atoms with Gasteiger partial charge in [0.1, 0.15) is 16.7 Å². The van der Waals surface area contributed by atoms with Crippen LogP contribution in [0.25, 0.3) is 16.7 Å². The van der Waals surface area contributed by atoms with Gasteiger partial charge in [-0.2, -0.15) is 13.4 Å². The Morgan fingerprint density at radius 2 is 2.25 bits per heavy atom. The first kappa shape index (κ1) is 13.3. The van der Waals surface area contributed by atoms with E-state index in [0.717, 1.165) is 23.8 Å². The number of halogens is 1. The molecule has 3 aromatic rings. The number of hydrogen-bond acceptors (Lipinski definition) is 7. The average molecular weight is 310 g/mol. The van der Waals surface area contributed by atoms with Crippen LogP contribution in [-0.2, 0) is 0 Å². The Balaban J connectivity index is 2.19. The summed E-state index contributed by atoms with van der Waals surface area (Å²) in [4.78, 5) is 0. The van der Waals surface area contributed by atoms with Crippen molar-refractivity contribution < 1.29 is 0 Å². The number of nitrogens with one attached hydrogen (secondary N) is 1. The van der Waals surface area contributed by atoms with Gasteiger partial charge in [-0.3, -0.25) is 0 Å². The monoisotopic (exact) mass is 309 g/mol. The van der Waals surface area contributed by atoms with Crippen LogP contribution in [-0.4, -0.2) is 35.5 Å². The van der Waals surface area contributed by atoms with Gasteiger partial charge in [-0.25, -0.2) is 0 Å². The molecule has 0 aliphatic rings. The number of aromatic nitrogens is 6. The van der Waals surface area contributed by atoms with E-state index < -0.39 is 0 Å². The number of rotatable bonds is 4. The van der Waals surface area contributed by atoms with Gasteiger partial charge in [0, 0.05) is 0 Å². The summed E-state index contributed by atoms with van der Waals surface area (Å²) in [5, 5.41) is 15.7. The normalized spacial score (nSPS) is 12.9. The molecule has 1 aromatic carbocycles. The fourth-order valence-electron chi connectivity index (χ4n) is 2.04. The Bertz CT molecular complexity index is 737. The second-order valence-electron chi connectivity index (χ2n) is 4.26. The highest BCUT2D eigenvalue weighted by Gasteiger charge is 2.20. The first-order valence-corrected chi connectivity index (χ1v) is 7.26. The summed E-state index contributed by atoms with van der Waals surface area (Å²) in [5.74, 6) is 0.689. The number of hydrogen-bond donors (Lipinski definition) is 1. The molecule has 9 heteroatoms. The predicted octanol–water partition coefficient (Wildman–Crippen LogP) is 1.99. The van der Waals surface area contributed by atoms with Crippen molar-refractivity contribution in [1.29, 1.82) is 0 Å². The van der Waals surface area contributed by atoms with E-state index in [1.165, 1.54) is 0 Å². The number of fused-ring (bicyclic) bond motifs is 1. The molecule has 1 N–H and O–H groups in total. The van der Waals surface area contributed by atoms with Gasteiger partial charge in [0.2, 0.25) is 0 Å². The highest BCUT2D eigenvalue weighted by atomic mass is 35.5. The zero-order valence-corrected chi connectivity index (χ0v) is 12.5. The molecule has 20 heavy (non-hydrogen) atoms. The summed E-state index contributed by atoms with van der Waals surface area (Å²) in [5.41, 5.74) is 2.16. The van der Waals surface area contributed by atoms with Crippen LogP contribution in [0, 0.1) is 0 Å². The summed E-state index contributed by atoms with van der Waals surface area (Å²) in [7, 11) is 0. The Hall–Kier alpha value is -1.64. The lowest BCUT2D eigenvalue weighted by Gasteiger charge is -2.12. The van der Waals surface area contributed by atoms with Crippen LogP contribution in [0.2, 0.25) is 5.02 Å². The second-order valence-corrected chi connectivity index (χ2v) is 5.19. The van der Waals surface area contributed by atoms with Crippen LogP contribution in [0.15, 0.2) is 12.1 Å². The van der Waals surface area contributed by atoms with Gasteiger partial charge >= 0.3 is 0 Å². The standard InChI is InChI=1S/C11H12ClN7S/c1-3-13-6(2)11-14-17-18-19(11)10-7(12)4-5-8-9(10)16-20-15-8/h4-6,13H,3H2,1-2H3. The lowest BCUT2D eigenvalue weighted by Crippen LogP contribution is -2.21. The summed E-state index contributed by atoms with van der Waals surface area (Å²) < 4.78 is 10.1. The van der Waals surface area contributed by atoms with E-state index in [-0.39, 0.29) is 6.04 Å². The van der Waals surface area contributed by atoms with E-state index in [4.69, 9.17) is 11.6 Å². The Kier molecular flexibility index (Phi) is 3.60. The van der Waals surface area contributed by atoms with Crippen LogP contribution in [0.4, 0.5) is 0 Å². The van der Waals surface area contributed by atoms with E-state index in [2.05, 4.69) is 29.6 Å². The van der Waals surface area contributed by atoms with E-state index in [0.29, 0.717) is 22.1 Å². The molecule has 0 aliphatic carbocycles. The summed E-state index contributed by atoms with van der Waals surface area (Å²) in [6, 6.07) is 3.62. The van der Waals surface area contributed by atoms with Gasteiger partial charge in [-0.15, -0.1) is 5.10 Å². The minimum atomic E-state index is 0.00733. The third-order valence-corrected chi connectivity index (χ3v) is 3.80. The van der Waals surface area contributed by atoms with Crippen LogP contribution < -0.4 is 5.32 Å². The molecule has 1 unspecified atom stereocenters. The van der Waals surface area contributed by atoms with Crippen molar-refractivity contribution in [3.63, 3.8) is 0 Å². The molecule has 0 aliphatic heterocycles. The molecule has 0 saturated heterocycles. The van der Waals surface area contributed by atoms with Gasteiger partial charge in [0.25, 0.3) is 0 Å². The van der Waals surface area contributed by atoms with Crippen molar-refractivity contribution in [3.8, 4) is 5.69 Å². The van der Waals surface area contributed by atoms with Gasteiger partial charge in [-0.05, 0) is 36.0 Å². The third-order valence-electron chi connectivity index (χ3n) is 2.95. The van der Waals surface area contributed by atoms with E-state index in [1.807, 2.05) is 19.9 Å². The topological polar surface area (TPSA) is 81.4 Å². The minimum absolute atomic E-state index is 0.00733. The molecule has 2 aromatic heterocycles. The Morgan fingerprint density at radius 1 is 1.40 bits per heavy atom. The molecule has 104 valence electrons. The van der Waals surface area contributed by atoms with Crippen molar-refractivity contribution in [2.45, 2.75) is 19.9 Å². The number of benzene rings is 1. The van der Waals surface area contributed by atoms with Crippen LogP contribution in [0.1, 0.15) is 25.7 Å². The molecule has 0 radical (unpaired) electrons. The lowest BCUT2D eigenvalue weighted by atomic mass is 10.2. The van der Waals surface area contributed by atoms with Crippen molar-refractivity contribution in [2.75, 3.05) is 6.54 Å². The maximum absolute atomic E-state index is 6.31. The minimum Gasteiger partial charge on any atom is -0.308 e. The average Bonchev–Trinajstić information content (AvgIpc) is 3.06. The maximum atomic E-state index is 6.31. The fraction of sp³-hybridized carbons (Fsp3) is 0.364. The molecular weight excluding hydrogens is 298 g/mol. The summed E-state index contributed by atoms with van der Waals surface area (Å²) in [6.07, 6.45) is 0. The zero-order valence-electron chi connectivity index (χ0n) is 10.9. The smallest absolute Gasteiger partial charge is 0.173 e. The summed E-state index contributed by atoms with van der Waals surface area (Å²) >= 11 is 7.45. The molecule has 0 fully saturated rings. The fourth-order valence-corrected chi connectivity index (χ4v) is 2.81. The molecule has 0 amide bonds. The molecule has 0 bridgehead atoms. The highest BCUT2D eigenvalue weighted by molar-refractivity contribution is 7.00. The van der Waals surface area contributed by atoms with Gasteiger partial charge in [0.05, 0.1) is 22.8 Å². The van der Waals surface area contributed by atoms with Crippen molar-refractivity contribution in [1.82, 2.24) is 34.3 Å². The second kappa shape index (κ2) is 5.39. The first-order chi connectivity index (χ1) is 9.72. The molecule has 1 atom stereocenters.